The van der Waals surface area contributed by atoms with E-state index in [1.165, 1.54) is 15.7 Å². The number of ether oxygens (including phenoxy) is 1. The third-order valence-electron chi connectivity index (χ3n) is 4.87. The summed E-state index contributed by atoms with van der Waals surface area (Å²) in [6, 6.07) is 12.7. The van der Waals surface area contributed by atoms with Crippen LogP contribution in [0, 0.1) is 0 Å². The van der Waals surface area contributed by atoms with E-state index in [1.807, 2.05) is 30.3 Å². The maximum Gasteiger partial charge on any atom is 0.338 e. The lowest BCUT2D eigenvalue weighted by atomic mass is 10.0. The van der Waals surface area contributed by atoms with Gasteiger partial charge in [-0.3, -0.25) is 4.79 Å². The van der Waals surface area contributed by atoms with Crippen molar-refractivity contribution >= 4 is 39.5 Å². The van der Waals surface area contributed by atoms with Gasteiger partial charge >= 0.3 is 5.97 Å². The van der Waals surface area contributed by atoms with Gasteiger partial charge in [0.15, 0.2) is 10.6 Å². The summed E-state index contributed by atoms with van der Waals surface area (Å²) in [6.45, 7) is 0.276. The van der Waals surface area contributed by atoms with E-state index < -0.39 is 0 Å². The van der Waals surface area contributed by atoms with E-state index in [2.05, 4.69) is 9.97 Å². The average molecular weight is 401 g/mol. The Bertz CT molecular complexity index is 1560. The van der Waals surface area contributed by atoms with Gasteiger partial charge in [-0.15, -0.1) is 0 Å². The number of pyridine rings is 1. The van der Waals surface area contributed by atoms with E-state index in [4.69, 9.17) is 9.15 Å². The minimum Gasteiger partial charge on any atom is -0.457 e. The van der Waals surface area contributed by atoms with E-state index in [0.29, 0.717) is 37.7 Å². The van der Waals surface area contributed by atoms with Crippen molar-refractivity contribution in [3.63, 3.8) is 0 Å². The van der Waals surface area contributed by atoms with Gasteiger partial charge in [0.2, 0.25) is 0 Å². The zero-order valence-electron chi connectivity index (χ0n) is 14.8. The molecule has 0 unspecified atom stereocenters. The van der Waals surface area contributed by atoms with Crippen molar-refractivity contribution in [1.82, 2.24) is 14.4 Å². The normalized spacial score (nSPS) is 14.1. The van der Waals surface area contributed by atoms with Crippen LogP contribution in [-0.4, -0.2) is 20.3 Å². The van der Waals surface area contributed by atoms with E-state index in [1.54, 1.807) is 24.4 Å². The number of aromatic nitrogens is 3. The van der Waals surface area contributed by atoms with Crippen LogP contribution in [0.3, 0.4) is 0 Å². The highest BCUT2D eigenvalue weighted by Crippen LogP contribution is 2.28. The summed E-state index contributed by atoms with van der Waals surface area (Å²) in [4.78, 5) is 33.7. The first-order valence-electron chi connectivity index (χ1n) is 8.85. The number of hydrogen-bond donors (Lipinski definition) is 0. The molecule has 5 aromatic rings. The van der Waals surface area contributed by atoms with Gasteiger partial charge in [-0.2, -0.15) is 0 Å². The van der Waals surface area contributed by atoms with Crippen LogP contribution in [0.15, 0.2) is 57.9 Å². The fourth-order valence-electron chi connectivity index (χ4n) is 3.49. The lowest BCUT2D eigenvalue weighted by Crippen LogP contribution is -2.22. The standard InChI is InChI=1S/C21H11N3O4S/c25-19-17(29-21-23-15-2-1-7-22-18(15)24(19)21)9-13-4-6-16(28-13)11-3-5-14-12(8-11)10-27-20(14)26/h1-9H,10H2. The van der Waals surface area contributed by atoms with Crippen molar-refractivity contribution in [2.75, 3.05) is 0 Å². The third kappa shape index (κ3) is 2.43. The van der Waals surface area contributed by atoms with Crippen LogP contribution in [0.25, 0.3) is 33.5 Å². The van der Waals surface area contributed by atoms with Crippen LogP contribution in [0.2, 0.25) is 0 Å². The number of furan rings is 1. The fraction of sp³-hybridized carbons (Fsp3) is 0.0476. The number of carbonyl (C=O) groups excluding carboxylic acids is 1. The summed E-state index contributed by atoms with van der Waals surface area (Å²) in [5.41, 5.74) is 3.36. The second kappa shape index (κ2) is 5.86. The van der Waals surface area contributed by atoms with Crippen LogP contribution in [-0.2, 0) is 11.3 Å². The zero-order chi connectivity index (χ0) is 19.5. The molecule has 0 N–H and O–H groups in total. The van der Waals surface area contributed by atoms with E-state index in [9.17, 15) is 9.59 Å². The highest BCUT2D eigenvalue weighted by atomic mass is 32.1. The molecule has 140 valence electrons. The molecule has 8 heteroatoms. The third-order valence-corrected chi connectivity index (χ3v) is 5.84. The first-order valence-corrected chi connectivity index (χ1v) is 9.67. The van der Waals surface area contributed by atoms with Crippen LogP contribution in [0.5, 0.6) is 0 Å². The Balaban J connectivity index is 1.42. The quantitative estimate of drug-likeness (QED) is 0.423. The smallest absolute Gasteiger partial charge is 0.338 e. The van der Waals surface area contributed by atoms with Gasteiger partial charge in [0.1, 0.15) is 28.2 Å². The van der Waals surface area contributed by atoms with Crippen LogP contribution in [0.1, 0.15) is 21.7 Å². The number of benzene rings is 1. The molecule has 1 aliphatic rings. The summed E-state index contributed by atoms with van der Waals surface area (Å²) >= 11 is 1.30. The van der Waals surface area contributed by atoms with Gasteiger partial charge in [-0.1, -0.05) is 17.4 Å². The number of carbonyl (C=O) groups is 1. The Hall–Kier alpha value is -3.78. The molecule has 0 spiro atoms. The molecule has 0 atom stereocenters. The molecule has 6 rings (SSSR count). The Morgan fingerprint density at radius 1 is 1.14 bits per heavy atom. The van der Waals surface area contributed by atoms with E-state index in [0.717, 1.165) is 11.1 Å². The number of rotatable bonds is 2. The molecule has 4 aromatic heterocycles. The van der Waals surface area contributed by atoms with Crippen molar-refractivity contribution in [2.24, 2.45) is 0 Å². The second-order valence-corrected chi connectivity index (χ2v) is 7.65. The highest BCUT2D eigenvalue weighted by molar-refractivity contribution is 7.15. The predicted octanol–water partition coefficient (Wildman–Crippen LogP) is 2.78. The minimum absolute atomic E-state index is 0.169. The summed E-state index contributed by atoms with van der Waals surface area (Å²) < 4.78 is 13.0. The Morgan fingerprint density at radius 2 is 2.07 bits per heavy atom. The van der Waals surface area contributed by atoms with Crippen molar-refractivity contribution in [3.05, 3.63) is 80.4 Å². The van der Waals surface area contributed by atoms with Crippen molar-refractivity contribution in [1.29, 1.82) is 0 Å². The Labute approximate surface area is 166 Å². The van der Waals surface area contributed by atoms with Crippen LogP contribution in [0.4, 0.5) is 0 Å². The number of esters is 1. The number of nitrogens with zero attached hydrogens (tertiary/aromatic N) is 3. The summed E-state index contributed by atoms with van der Waals surface area (Å²) in [5.74, 6) is 0.915. The second-order valence-electron chi connectivity index (χ2n) is 6.64. The predicted molar refractivity (Wildman–Crippen MR) is 107 cm³/mol. The topological polar surface area (TPSA) is 86.7 Å². The molecule has 5 heterocycles. The number of hydrogen-bond acceptors (Lipinski definition) is 7. The largest absolute Gasteiger partial charge is 0.457 e. The van der Waals surface area contributed by atoms with Gasteiger partial charge in [0, 0.05) is 23.4 Å². The fourth-order valence-corrected chi connectivity index (χ4v) is 4.44. The maximum absolute atomic E-state index is 12.8. The van der Waals surface area contributed by atoms with Gasteiger partial charge in [-0.25, -0.2) is 19.2 Å². The molecule has 0 saturated carbocycles. The highest BCUT2D eigenvalue weighted by Gasteiger charge is 2.21. The summed E-state index contributed by atoms with van der Waals surface area (Å²) in [6.07, 6.45) is 3.35. The SMILES string of the molecule is O=C1OCc2cc(-c3ccc(C=c4sc5nc6cccnc6n5c4=O)o3)ccc21. The van der Waals surface area contributed by atoms with Gasteiger partial charge in [0.05, 0.1) is 5.56 Å². The summed E-state index contributed by atoms with van der Waals surface area (Å²) in [5, 5.41) is 0. The number of fused-ring (bicyclic) bond motifs is 4. The average Bonchev–Trinajstić information content (AvgIpc) is 3.48. The molecule has 0 saturated heterocycles. The lowest BCUT2D eigenvalue weighted by Gasteiger charge is -1.99. The molecule has 0 aliphatic carbocycles. The molecule has 29 heavy (non-hydrogen) atoms. The zero-order valence-corrected chi connectivity index (χ0v) is 15.6. The lowest BCUT2D eigenvalue weighted by molar-refractivity contribution is 0.0535. The van der Waals surface area contributed by atoms with Gasteiger partial charge in [-0.05, 0) is 36.4 Å². The van der Waals surface area contributed by atoms with Gasteiger partial charge < -0.3 is 9.15 Å². The van der Waals surface area contributed by atoms with E-state index in [-0.39, 0.29) is 18.1 Å². The maximum atomic E-state index is 12.8. The summed E-state index contributed by atoms with van der Waals surface area (Å²) in [7, 11) is 0. The van der Waals surface area contributed by atoms with Crippen LogP contribution < -0.4 is 10.1 Å². The van der Waals surface area contributed by atoms with Gasteiger partial charge in [0.25, 0.3) is 5.56 Å². The number of thiazole rings is 1. The molecular formula is C21H11N3O4S. The Morgan fingerprint density at radius 3 is 3.00 bits per heavy atom. The molecule has 7 nitrogen and oxygen atoms in total. The molecule has 1 aliphatic heterocycles. The monoisotopic (exact) mass is 401 g/mol. The minimum atomic E-state index is -0.298. The Kier molecular flexibility index (Phi) is 3.27. The molecule has 0 radical (unpaired) electrons. The molecular weight excluding hydrogens is 390 g/mol. The first-order chi connectivity index (χ1) is 14.2. The first kappa shape index (κ1) is 16.2. The molecule has 1 aromatic carbocycles. The molecule has 0 fully saturated rings. The van der Waals surface area contributed by atoms with Crippen molar-refractivity contribution in [3.8, 4) is 11.3 Å². The van der Waals surface area contributed by atoms with Crippen molar-refractivity contribution < 1.29 is 13.9 Å². The van der Waals surface area contributed by atoms with E-state index >= 15 is 0 Å². The number of imidazole rings is 1. The molecule has 0 bridgehead atoms. The number of cyclic esters (lactones) is 1. The van der Waals surface area contributed by atoms with Crippen LogP contribution >= 0.6 is 11.3 Å². The van der Waals surface area contributed by atoms with Crippen molar-refractivity contribution in [2.45, 2.75) is 6.61 Å². The molecule has 0 amide bonds.